The molecule has 0 fully saturated rings. The summed E-state index contributed by atoms with van der Waals surface area (Å²) < 4.78 is 0. The molecule has 0 saturated carbocycles. The van der Waals surface area contributed by atoms with Crippen molar-refractivity contribution < 1.29 is 5.11 Å². The van der Waals surface area contributed by atoms with Crippen LogP contribution in [0.1, 0.15) is 32.4 Å². The Bertz CT molecular complexity index is 269. The lowest BCUT2D eigenvalue weighted by Gasteiger charge is -2.08. The van der Waals surface area contributed by atoms with Crippen molar-refractivity contribution in [1.82, 2.24) is 0 Å². The van der Waals surface area contributed by atoms with Gasteiger partial charge >= 0.3 is 0 Å². The van der Waals surface area contributed by atoms with Crippen LogP contribution in [0, 0.1) is 0 Å². The minimum Gasteiger partial charge on any atom is -0.389 e. The molecule has 0 radical (unpaired) electrons. The van der Waals surface area contributed by atoms with Crippen molar-refractivity contribution in [2.75, 3.05) is 0 Å². The summed E-state index contributed by atoms with van der Waals surface area (Å²) in [6.45, 7) is 6.12. The van der Waals surface area contributed by atoms with Crippen LogP contribution in [0.3, 0.4) is 0 Å². The Hall–Kier alpha value is -0.470. The maximum absolute atomic E-state index is 9.37. The highest BCUT2D eigenvalue weighted by molar-refractivity contribution is 7.99. The van der Waals surface area contributed by atoms with E-state index < -0.39 is 0 Å². The van der Waals surface area contributed by atoms with Crippen LogP contribution >= 0.6 is 11.8 Å². The van der Waals surface area contributed by atoms with Crippen LogP contribution in [-0.4, -0.2) is 10.4 Å². The van der Waals surface area contributed by atoms with Crippen molar-refractivity contribution >= 4 is 11.8 Å². The van der Waals surface area contributed by atoms with Crippen molar-refractivity contribution in [1.29, 1.82) is 0 Å². The molecule has 0 aliphatic carbocycles. The standard InChI is InChI=1S/C11H16OS/c1-8(2)13-11-6-4-5-10(7-11)9(3)12/h4-9,12H,1-3H3. The Morgan fingerprint density at radius 1 is 1.23 bits per heavy atom. The summed E-state index contributed by atoms with van der Waals surface area (Å²) in [5.41, 5.74) is 0.991. The van der Waals surface area contributed by atoms with Gasteiger partial charge in [0.05, 0.1) is 6.10 Å². The van der Waals surface area contributed by atoms with Gasteiger partial charge in [0.2, 0.25) is 0 Å². The van der Waals surface area contributed by atoms with Crippen LogP contribution in [0.25, 0.3) is 0 Å². The van der Waals surface area contributed by atoms with Gasteiger partial charge in [-0.05, 0) is 24.6 Å². The van der Waals surface area contributed by atoms with Gasteiger partial charge in [0.15, 0.2) is 0 Å². The summed E-state index contributed by atoms with van der Waals surface area (Å²) in [6.07, 6.45) is -0.368. The SMILES string of the molecule is CC(C)Sc1cccc(C(C)O)c1. The maximum Gasteiger partial charge on any atom is 0.0762 e. The number of aliphatic hydroxyl groups is 1. The van der Waals surface area contributed by atoms with E-state index >= 15 is 0 Å². The quantitative estimate of drug-likeness (QED) is 0.749. The van der Waals surface area contributed by atoms with Gasteiger partial charge in [-0.3, -0.25) is 0 Å². The van der Waals surface area contributed by atoms with E-state index in [-0.39, 0.29) is 6.10 Å². The number of hydrogen-bond acceptors (Lipinski definition) is 2. The van der Waals surface area contributed by atoms with E-state index in [0.717, 1.165) is 5.56 Å². The highest BCUT2D eigenvalue weighted by atomic mass is 32.2. The molecule has 72 valence electrons. The van der Waals surface area contributed by atoms with E-state index in [4.69, 9.17) is 0 Å². The van der Waals surface area contributed by atoms with E-state index in [2.05, 4.69) is 26.0 Å². The smallest absolute Gasteiger partial charge is 0.0762 e. The number of aliphatic hydroxyl groups excluding tert-OH is 1. The summed E-state index contributed by atoms with van der Waals surface area (Å²) in [6, 6.07) is 8.08. The lowest BCUT2D eigenvalue weighted by Crippen LogP contribution is -1.92. The van der Waals surface area contributed by atoms with E-state index in [9.17, 15) is 5.11 Å². The molecule has 0 spiro atoms. The van der Waals surface area contributed by atoms with E-state index in [0.29, 0.717) is 5.25 Å². The highest BCUT2D eigenvalue weighted by Gasteiger charge is 2.02. The summed E-state index contributed by atoms with van der Waals surface area (Å²) in [5, 5.41) is 9.96. The average Bonchev–Trinajstić information content (AvgIpc) is 2.03. The first-order valence-electron chi connectivity index (χ1n) is 4.54. The predicted octanol–water partition coefficient (Wildman–Crippen LogP) is 3.24. The molecule has 2 heteroatoms. The van der Waals surface area contributed by atoms with Crippen molar-refractivity contribution in [3.05, 3.63) is 29.8 Å². The fourth-order valence-corrected chi connectivity index (χ4v) is 2.03. The maximum atomic E-state index is 9.37. The Morgan fingerprint density at radius 3 is 2.46 bits per heavy atom. The number of hydrogen-bond donors (Lipinski definition) is 1. The molecule has 0 bridgehead atoms. The molecule has 1 nitrogen and oxygen atoms in total. The lowest BCUT2D eigenvalue weighted by atomic mass is 10.1. The molecule has 13 heavy (non-hydrogen) atoms. The number of thioether (sulfide) groups is 1. The molecule has 1 unspecified atom stereocenters. The second-order valence-corrected chi connectivity index (χ2v) is 5.06. The molecule has 0 saturated heterocycles. The minimum absolute atomic E-state index is 0.368. The van der Waals surface area contributed by atoms with Gasteiger partial charge in [0, 0.05) is 10.1 Å². The zero-order valence-corrected chi connectivity index (χ0v) is 9.14. The fraction of sp³-hybridized carbons (Fsp3) is 0.455. The molecule has 0 heterocycles. The first kappa shape index (κ1) is 10.6. The number of rotatable bonds is 3. The monoisotopic (exact) mass is 196 g/mol. The van der Waals surface area contributed by atoms with Gasteiger partial charge in [-0.2, -0.15) is 0 Å². The van der Waals surface area contributed by atoms with E-state index in [1.165, 1.54) is 4.90 Å². The van der Waals surface area contributed by atoms with Gasteiger partial charge in [-0.25, -0.2) is 0 Å². The Labute approximate surface area is 84.2 Å². The second-order valence-electron chi connectivity index (χ2n) is 3.42. The van der Waals surface area contributed by atoms with Gasteiger partial charge in [0.1, 0.15) is 0 Å². The summed E-state index contributed by atoms with van der Waals surface area (Å²) in [5.74, 6) is 0. The molecule has 0 aromatic heterocycles. The zero-order valence-electron chi connectivity index (χ0n) is 8.32. The number of benzene rings is 1. The largest absolute Gasteiger partial charge is 0.389 e. The van der Waals surface area contributed by atoms with Gasteiger partial charge in [-0.15, -0.1) is 11.8 Å². The fourth-order valence-electron chi connectivity index (χ4n) is 1.12. The van der Waals surface area contributed by atoms with Gasteiger partial charge in [0.25, 0.3) is 0 Å². The average molecular weight is 196 g/mol. The summed E-state index contributed by atoms with van der Waals surface area (Å²) >= 11 is 1.82. The van der Waals surface area contributed by atoms with Crippen LogP contribution in [0.2, 0.25) is 0 Å². The van der Waals surface area contributed by atoms with Crippen molar-refractivity contribution in [2.24, 2.45) is 0 Å². The molecule has 1 aromatic rings. The zero-order chi connectivity index (χ0) is 9.84. The molecule has 1 aromatic carbocycles. The summed E-state index contributed by atoms with van der Waals surface area (Å²) in [7, 11) is 0. The van der Waals surface area contributed by atoms with Crippen LogP contribution in [0.4, 0.5) is 0 Å². The third-order valence-electron chi connectivity index (χ3n) is 1.71. The Balaban J connectivity index is 2.79. The first-order valence-corrected chi connectivity index (χ1v) is 5.42. The molecular formula is C11H16OS. The van der Waals surface area contributed by atoms with Crippen LogP contribution in [0.5, 0.6) is 0 Å². The topological polar surface area (TPSA) is 20.2 Å². The molecule has 0 aliphatic heterocycles. The third kappa shape index (κ3) is 3.41. The van der Waals surface area contributed by atoms with Crippen molar-refractivity contribution in [3.8, 4) is 0 Å². The normalized spacial score (nSPS) is 13.3. The molecule has 1 rings (SSSR count). The Morgan fingerprint density at radius 2 is 1.92 bits per heavy atom. The van der Waals surface area contributed by atoms with Crippen molar-refractivity contribution in [3.63, 3.8) is 0 Å². The molecule has 0 aliphatic rings. The molecule has 1 N–H and O–H groups in total. The van der Waals surface area contributed by atoms with Crippen LogP contribution < -0.4 is 0 Å². The third-order valence-corrected chi connectivity index (χ3v) is 2.71. The van der Waals surface area contributed by atoms with Crippen molar-refractivity contribution in [2.45, 2.75) is 37.0 Å². The van der Waals surface area contributed by atoms with E-state index in [1.54, 1.807) is 6.92 Å². The van der Waals surface area contributed by atoms with Crippen LogP contribution in [-0.2, 0) is 0 Å². The first-order chi connectivity index (χ1) is 6.09. The molecule has 1 atom stereocenters. The molecule has 0 amide bonds. The molecular weight excluding hydrogens is 180 g/mol. The van der Waals surface area contributed by atoms with Gasteiger partial charge < -0.3 is 5.11 Å². The van der Waals surface area contributed by atoms with Gasteiger partial charge in [-0.1, -0.05) is 26.0 Å². The summed E-state index contributed by atoms with van der Waals surface area (Å²) in [4.78, 5) is 1.23. The Kier molecular flexibility index (Phi) is 3.82. The van der Waals surface area contributed by atoms with Crippen LogP contribution in [0.15, 0.2) is 29.2 Å². The highest BCUT2D eigenvalue weighted by Crippen LogP contribution is 2.25. The van der Waals surface area contributed by atoms with E-state index in [1.807, 2.05) is 23.9 Å². The minimum atomic E-state index is -0.368. The lowest BCUT2D eigenvalue weighted by molar-refractivity contribution is 0.199. The predicted molar refractivity (Wildman–Crippen MR) is 58.1 cm³/mol. The second kappa shape index (κ2) is 4.68.